The third-order valence-corrected chi connectivity index (χ3v) is 3.61. The third kappa shape index (κ3) is 2.08. The minimum Gasteiger partial charge on any atom is -0.495 e. The van der Waals surface area contributed by atoms with Crippen molar-refractivity contribution in [3.8, 4) is 5.75 Å². The molecule has 0 atom stereocenters. The summed E-state index contributed by atoms with van der Waals surface area (Å²) in [6.45, 7) is 1.89. The summed E-state index contributed by atoms with van der Waals surface area (Å²) in [5, 5.41) is 9.33. The minimum atomic E-state index is -0.552. The molecular weight excluding hydrogens is 230 g/mol. The number of hydrogen-bond acceptors (Lipinski definition) is 3. The van der Waals surface area contributed by atoms with Crippen LogP contribution in [0.25, 0.3) is 0 Å². The standard InChI is InChI=1S/C14H19NO3/c1-10-4-5-12(18-3)11(8-10)15(2)13(17)14(9-16)6-7-14/h4-5,8,16H,6-7,9H2,1-3H3. The van der Waals surface area contributed by atoms with Gasteiger partial charge in [-0.25, -0.2) is 0 Å². The van der Waals surface area contributed by atoms with Crippen LogP contribution >= 0.6 is 0 Å². The molecule has 1 aromatic rings. The zero-order valence-electron chi connectivity index (χ0n) is 11.1. The highest BCUT2D eigenvalue weighted by molar-refractivity contribution is 6.00. The van der Waals surface area contributed by atoms with Gasteiger partial charge in [0, 0.05) is 7.05 Å². The molecule has 1 amide bonds. The molecule has 18 heavy (non-hydrogen) atoms. The van der Waals surface area contributed by atoms with Crippen LogP contribution in [0.2, 0.25) is 0 Å². The van der Waals surface area contributed by atoms with Crippen LogP contribution < -0.4 is 9.64 Å². The molecule has 0 heterocycles. The molecule has 1 N–H and O–H groups in total. The monoisotopic (exact) mass is 249 g/mol. The Morgan fingerprint density at radius 3 is 2.67 bits per heavy atom. The van der Waals surface area contributed by atoms with Crippen LogP contribution in [0.1, 0.15) is 18.4 Å². The van der Waals surface area contributed by atoms with Crippen LogP contribution in [-0.4, -0.2) is 31.8 Å². The molecular formula is C14H19NO3. The lowest BCUT2D eigenvalue weighted by Gasteiger charge is -2.24. The predicted molar refractivity (Wildman–Crippen MR) is 69.9 cm³/mol. The maximum absolute atomic E-state index is 12.3. The second kappa shape index (κ2) is 4.61. The van der Waals surface area contributed by atoms with E-state index in [0.29, 0.717) is 5.75 Å². The first-order valence-electron chi connectivity index (χ1n) is 6.08. The zero-order chi connectivity index (χ0) is 13.3. The van der Waals surface area contributed by atoms with Gasteiger partial charge in [0.1, 0.15) is 5.75 Å². The minimum absolute atomic E-state index is 0.0334. The second-order valence-electron chi connectivity index (χ2n) is 4.98. The van der Waals surface area contributed by atoms with Gasteiger partial charge in [-0.3, -0.25) is 4.79 Å². The van der Waals surface area contributed by atoms with E-state index in [-0.39, 0.29) is 12.5 Å². The van der Waals surface area contributed by atoms with E-state index in [1.165, 1.54) is 0 Å². The Hall–Kier alpha value is -1.55. The number of carbonyl (C=O) groups excluding carboxylic acids is 1. The van der Waals surface area contributed by atoms with Crippen molar-refractivity contribution in [2.75, 3.05) is 25.7 Å². The Morgan fingerprint density at radius 1 is 1.50 bits per heavy atom. The van der Waals surface area contributed by atoms with Gasteiger partial charge in [-0.15, -0.1) is 0 Å². The van der Waals surface area contributed by atoms with Gasteiger partial charge in [0.15, 0.2) is 0 Å². The van der Waals surface area contributed by atoms with Gasteiger partial charge in [-0.1, -0.05) is 6.07 Å². The summed E-state index contributed by atoms with van der Waals surface area (Å²) in [4.78, 5) is 13.9. The molecule has 4 nitrogen and oxygen atoms in total. The molecule has 0 radical (unpaired) electrons. The Morgan fingerprint density at radius 2 is 2.17 bits per heavy atom. The summed E-state index contributed by atoms with van der Waals surface area (Å²) in [5.74, 6) is 0.638. The normalized spacial score (nSPS) is 16.2. The lowest BCUT2D eigenvalue weighted by Crippen LogP contribution is -2.36. The van der Waals surface area contributed by atoms with Crippen LogP contribution in [0.15, 0.2) is 18.2 Å². The van der Waals surface area contributed by atoms with Crippen molar-refractivity contribution in [1.82, 2.24) is 0 Å². The molecule has 1 aromatic carbocycles. The molecule has 0 unspecified atom stereocenters. The molecule has 98 valence electrons. The fraction of sp³-hybridized carbons (Fsp3) is 0.500. The predicted octanol–water partition coefficient (Wildman–Crippen LogP) is 1.74. The maximum atomic E-state index is 12.3. The van der Waals surface area contributed by atoms with E-state index < -0.39 is 5.41 Å². The molecule has 4 heteroatoms. The first kappa shape index (κ1) is 12.9. The van der Waals surface area contributed by atoms with Crippen LogP contribution in [0.5, 0.6) is 5.75 Å². The van der Waals surface area contributed by atoms with Crippen LogP contribution in [-0.2, 0) is 4.79 Å². The maximum Gasteiger partial charge on any atom is 0.235 e. The summed E-state index contributed by atoms with van der Waals surface area (Å²) >= 11 is 0. The highest BCUT2D eigenvalue weighted by atomic mass is 16.5. The number of nitrogens with zero attached hydrogens (tertiary/aromatic N) is 1. The SMILES string of the molecule is COc1ccc(C)cc1N(C)C(=O)C1(CO)CC1. The average molecular weight is 249 g/mol. The first-order valence-corrected chi connectivity index (χ1v) is 6.08. The number of aliphatic hydroxyl groups excluding tert-OH is 1. The van der Waals surface area contributed by atoms with E-state index in [1.54, 1.807) is 19.1 Å². The summed E-state index contributed by atoms with van der Waals surface area (Å²) in [7, 11) is 3.32. The molecule has 0 aromatic heterocycles. The van der Waals surface area contributed by atoms with E-state index >= 15 is 0 Å². The third-order valence-electron chi connectivity index (χ3n) is 3.61. The number of aliphatic hydroxyl groups is 1. The number of benzene rings is 1. The van der Waals surface area contributed by atoms with E-state index in [9.17, 15) is 9.90 Å². The molecule has 0 spiro atoms. The lowest BCUT2D eigenvalue weighted by atomic mass is 10.1. The highest BCUT2D eigenvalue weighted by Gasteiger charge is 2.51. The van der Waals surface area contributed by atoms with Crippen molar-refractivity contribution in [3.05, 3.63) is 23.8 Å². The van der Waals surface area contributed by atoms with E-state index in [1.807, 2.05) is 25.1 Å². The van der Waals surface area contributed by atoms with Crippen molar-refractivity contribution in [1.29, 1.82) is 0 Å². The number of ether oxygens (including phenoxy) is 1. The Labute approximate surface area is 107 Å². The van der Waals surface area contributed by atoms with Crippen molar-refractivity contribution in [2.24, 2.45) is 5.41 Å². The molecule has 1 saturated carbocycles. The van der Waals surface area contributed by atoms with Crippen molar-refractivity contribution >= 4 is 11.6 Å². The number of carbonyl (C=O) groups is 1. The van der Waals surface area contributed by atoms with Gasteiger partial charge in [-0.05, 0) is 37.5 Å². The largest absolute Gasteiger partial charge is 0.495 e. The van der Waals surface area contributed by atoms with Gasteiger partial charge in [0.2, 0.25) is 5.91 Å². The van der Waals surface area contributed by atoms with E-state index in [0.717, 1.165) is 24.1 Å². The van der Waals surface area contributed by atoms with Crippen LogP contribution in [0, 0.1) is 12.3 Å². The fourth-order valence-corrected chi connectivity index (χ4v) is 2.12. The topological polar surface area (TPSA) is 49.8 Å². The number of hydrogen-bond donors (Lipinski definition) is 1. The van der Waals surface area contributed by atoms with Gasteiger partial charge in [0.25, 0.3) is 0 Å². The number of rotatable bonds is 4. The number of amides is 1. The zero-order valence-corrected chi connectivity index (χ0v) is 11.1. The van der Waals surface area contributed by atoms with Crippen LogP contribution in [0.3, 0.4) is 0 Å². The van der Waals surface area contributed by atoms with Gasteiger partial charge < -0.3 is 14.7 Å². The summed E-state index contributed by atoms with van der Waals surface area (Å²) < 4.78 is 5.28. The number of anilines is 1. The van der Waals surface area contributed by atoms with Crippen molar-refractivity contribution in [2.45, 2.75) is 19.8 Å². The van der Waals surface area contributed by atoms with Crippen molar-refractivity contribution < 1.29 is 14.6 Å². The molecule has 1 aliphatic carbocycles. The lowest BCUT2D eigenvalue weighted by molar-refractivity contribution is -0.124. The van der Waals surface area contributed by atoms with E-state index in [4.69, 9.17) is 4.74 Å². The fourth-order valence-electron chi connectivity index (χ4n) is 2.12. The average Bonchev–Trinajstić information content (AvgIpc) is 3.18. The highest BCUT2D eigenvalue weighted by Crippen LogP contribution is 2.47. The first-order chi connectivity index (χ1) is 8.54. The summed E-state index contributed by atoms with van der Waals surface area (Å²) in [6, 6.07) is 5.72. The molecule has 1 aliphatic rings. The molecule has 1 fully saturated rings. The quantitative estimate of drug-likeness (QED) is 0.884. The Balaban J connectivity index is 2.31. The Kier molecular flexibility index (Phi) is 3.30. The molecule has 0 aliphatic heterocycles. The molecule has 0 saturated heterocycles. The molecule has 2 rings (SSSR count). The van der Waals surface area contributed by atoms with Crippen LogP contribution in [0.4, 0.5) is 5.69 Å². The van der Waals surface area contributed by atoms with Gasteiger partial charge in [0.05, 0.1) is 24.8 Å². The summed E-state index contributed by atoms with van der Waals surface area (Å²) in [5.41, 5.74) is 1.27. The number of methoxy groups -OCH3 is 1. The smallest absolute Gasteiger partial charge is 0.235 e. The Bertz CT molecular complexity index is 466. The number of aryl methyl sites for hydroxylation is 1. The van der Waals surface area contributed by atoms with Gasteiger partial charge >= 0.3 is 0 Å². The van der Waals surface area contributed by atoms with E-state index in [2.05, 4.69) is 0 Å². The summed E-state index contributed by atoms with van der Waals surface area (Å²) in [6.07, 6.45) is 1.53. The van der Waals surface area contributed by atoms with Crippen molar-refractivity contribution in [3.63, 3.8) is 0 Å². The molecule has 0 bridgehead atoms. The second-order valence-corrected chi connectivity index (χ2v) is 4.98. The van der Waals surface area contributed by atoms with Gasteiger partial charge in [-0.2, -0.15) is 0 Å².